The van der Waals surface area contributed by atoms with E-state index in [2.05, 4.69) is 52.7 Å². The first-order chi connectivity index (χ1) is 29.7. The molecule has 4 aromatic heterocycles. The Labute approximate surface area is 349 Å². The third-order valence-electron chi connectivity index (χ3n) is 13.1. The van der Waals surface area contributed by atoms with Gasteiger partial charge in [-0.05, 0) is 69.4 Å². The van der Waals surface area contributed by atoms with Gasteiger partial charge in [0, 0.05) is 50.4 Å². The van der Waals surface area contributed by atoms with Crippen LogP contribution in [0.25, 0.3) is 16.6 Å². The second-order valence-electron chi connectivity index (χ2n) is 16.9. The second kappa shape index (κ2) is 16.6. The third kappa shape index (κ3) is 7.97. The number of halogens is 2. The number of carbonyl (C=O) groups is 3. The Hall–Kier alpha value is -5.77. The van der Waals surface area contributed by atoms with Gasteiger partial charge in [-0.15, -0.1) is 0 Å². The Morgan fingerprint density at radius 3 is 2.69 bits per heavy atom. The molecule has 1 unspecified atom stereocenters. The van der Waals surface area contributed by atoms with E-state index < -0.39 is 23.9 Å². The summed E-state index contributed by atoms with van der Waals surface area (Å²) in [5, 5.41) is 22.0. The summed E-state index contributed by atoms with van der Waals surface area (Å²) in [6.07, 6.45) is 9.24. The number of benzene rings is 1. The van der Waals surface area contributed by atoms with Crippen molar-refractivity contribution in [2.75, 3.05) is 49.6 Å². The first-order valence-electron chi connectivity index (χ1n) is 21.3. The summed E-state index contributed by atoms with van der Waals surface area (Å²) in [6, 6.07) is 7.78. The van der Waals surface area contributed by atoms with Crippen molar-refractivity contribution in [3.8, 4) is 11.8 Å². The van der Waals surface area contributed by atoms with Crippen molar-refractivity contribution >= 4 is 45.8 Å². The number of likely N-dealkylation sites (tertiary alicyclic amines) is 1. The molecule has 4 aliphatic heterocycles. The highest BCUT2D eigenvalue weighted by Gasteiger charge is 2.40. The topological polar surface area (TPSA) is 177 Å². The van der Waals surface area contributed by atoms with E-state index in [4.69, 9.17) is 14.5 Å². The number of para-hydroxylation sites is 1. The van der Waals surface area contributed by atoms with Gasteiger partial charge in [-0.3, -0.25) is 29.5 Å². The minimum absolute atomic E-state index is 0.00152. The lowest BCUT2D eigenvalue weighted by Crippen LogP contribution is -2.40. The summed E-state index contributed by atoms with van der Waals surface area (Å²) in [4.78, 5) is 47.0. The predicted molar refractivity (Wildman–Crippen MR) is 218 cm³/mol. The number of hydrogen-bond acceptors (Lipinski definition) is 11. The van der Waals surface area contributed by atoms with Crippen LogP contribution in [0.4, 0.5) is 20.3 Å². The van der Waals surface area contributed by atoms with Crippen LogP contribution in [0.2, 0.25) is 0 Å². The van der Waals surface area contributed by atoms with Gasteiger partial charge in [-0.25, -0.2) is 18.3 Å². The van der Waals surface area contributed by atoms with Crippen molar-refractivity contribution in [3.05, 3.63) is 65.4 Å². The fraction of sp³-hybridized carbons (Fsp3) is 0.512. The fourth-order valence-corrected chi connectivity index (χ4v) is 9.80. The van der Waals surface area contributed by atoms with Crippen molar-refractivity contribution in [3.63, 3.8) is 0 Å². The maximum absolute atomic E-state index is 14.3. The van der Waals surface area contributed by atoms with E-state index >= 15 is 0 Å². The molecule has 4 saturated heterocycles. The number of morpholine rings is 1. The molecular formula is C43H47F2N11O5. The maximum Gasteiger partial charge on any atom is 0.284 e. The highest BCUT2D eigenvalue weighted by molar-refractivity contribution is 6.08. The molecule has 61 heavy (non-hydrogen) atoms. The van der Waals surface area contributed by atoms with E-state index in [1.165, 1.54) is 10.7 Å². The lowest BCUT2D eigenvalue weighted by atomic mass is 9.85. The number of aromatic nitrogens is 7. The van der Waals surface area contributed by atoms with Crippen molar-refractivity contribution in [1.29, 1.82) is 0 Å². The molecule has 1 aliphatic carbocycles. The van der Waals surface area contributed by atoms with Gasteiger partial charge in [-0.1, -0.05) is 24.0 Å². The number of imide groups is 1. The number of nitrogens with zero attached hydrogens (tertiary/aromatic N) is 8. The number of nitrogens with one attached hydrogen (secondary N) is 3. The number of rotatable bonds is 10. The largest absolute Gasteiger partial charge is 0.374 e. The number of fused-ring (bicyclic) bond motifs is 4. The number of aromatic amines is 1. The van der Waals surface area contributed by atoms with Crippen LogP contribution < -0.4 is 15.5 Å². The molecular weight excluding hydrogens is 789 g/mol. The quantitative estimate of drug-likeness (QED) is 0.131. The standard InChI is InChI=1S/C43H47F2N11O5/c44-40(45)39-34(47-43(59)33-20-46-55-17-14-35(48-41(33)55)54-22-30-19-28(54)24-61-30)23-56(52-39)27-8-6-25(7-9-27)21-53-15-12-29(13-16-53)60-18-2-4-26-3-1-5-31-37(26)50-51-38(31)32-10-11-36(57)49-42(32)58/h1,3,5,14,17,20,23,25,27-30,32,40H,6-13,15-16,18-19,21-22,24H2,(H,47,59)(H,50,51)(H,49,57,58)/t25?,27?,28-,30-,32?/m1/s1. The number of carbonyl (C=O) groups excluding carboxylic acids is 3. The molecule has 1 aromatic carbocycles. The van der Waals surface area contributed by atoms with E-state index in [-0.39, 0.29) is 47.4 Å². The minimum Gasteiger partial charge on any atom is -0.374 e. The summed E-state index contributed by atoms with van der Waals surface area (Å²) in [5.74, 6) is 5.99. The summed E-state index contributed by atoms with van der Waals surface area (Å²) in [7, 11) is 0. The van der Waals surface area contributed by atoms with Gasteiger partial charge in [0.1, 0.15) is 23.5 Å². The van der Waals surface area contributed by atoms with Gasteiger partial charge in [0.15, 0.2) is 11.3 Å². The summed E-state index contributed by atoms with van der Waals surface area (Å²) < 4.78 is 43.5. The van der Waals surface area contributed by atoms with Crippen LogP contribution in [0, 0.1) is 17.8 Å². The van der Waals surface area contributed by atoms with Gasteiger partial charge in [0.25, 0.3) is 12.3 Å². The van der Waals surface area contributed by atoms with E-state index in [1.807, 2.05) is 24.3 Å². The van der Waals surface area contributed by atoms with Crippen LogP contribution in [-0.2, 0) is 19.1 Å². The first-order valence-corrected chi connectivity index (χ1v) is 21.3. The van der Waals surface area contributed by atoms with Crippen molar-refractivity contribution in [2.24, 2.45) is 5.92 Å². The number of piperidine rings is 2. The molecule has 3 atom stereocenters. The Balaban J connectivity index is 0.690. The minimum atomic E-state index is -2.85. The van der Waals surface area contributed by atoms with Gasteiger partial charge >= 0.3 is 0 Å². The molecule has 3 amide bonds. The van der Waals surface area contributed by atoms with Gasteiger partial charge in [0.05, 0.1) is 60.0 Å². The summed E-state index contributed by atoms with van der Waals surface area (Å²) in [5.41, 5.74) is 2.26. The van der Waals surface area contributed by atoms with Crippen molar-refractivity contribution in [1.82, 2.24) is 44.8 Å². The Morgan fingerprint density at radius 2 is 1.92 bits per heavy atom. The van der Waals surface area contributed by atoms with E-state index in [1.54, 1.807) is 17.1 Å². The molecule has 1 saturated carbocycles. The highest BCUT2D eigenvalue weighted by atomic mass is 19.3. The lowest BCUT2D eigenvalue weighted by Gasteiger charge is -2.36. The van der Waals surface area contributed by atoms with Gasteiger partial charge in [-0.2, -0.15) is 15.3 Å². The van der Waals surface area contributed by atoms with E-state index in [0.717, 1.165) is 87.9 Å². The number of alkyl halides is 2. The highest BCUT2D eigenvalue weighted by Crippen LogP contribution is 2.37. The maximum atomic E-state index is 14.3. The first kappa shape index (κ1) is 39.4. The molecule has 0 spiro atoms. The van der Waals surface area contributed by atoms with Gasteiger partial charge in [0.2, 0.25) is 11.8 Å². The number of hydrogen-bond donors (Lipinski definition) is 3. The number of ether oxygens (including phenoxy) is 2. The molecule has 10 rings (SSSR count). The molecule has 5 fully saturated rings. The predicted octanol–water partition coefficient (Wildman–Crippen LogP) is 4.75. The average Bonchev–Trinajstić information content (AvgIpc) is 4.12. The van der Waals surface area contributed by atoms with Crippen LogP contribution in [-0.4, -0.2) is 115 Å². The Bertz CT molecular complexity index is 2530. The zero-order valence-corrected chi connectivity index (χ0v) is 33.6. The molecule has 2 bridgehead atoms. The molecule has 18 heteroatoms. The number of H-pyrrole nitrogens is 1. The van der Waals surface area contributed by atoms with Crippen LogP contribution in [0.3, 0.4) is 0 Å². The molecule has 3 N–H and O–H groups in total. The van der Waals surface area contributed by atoms with E-state index in [9.17, 15) is 23.2 Å². The smallest absolute Gasteiger partial charge is 0.284 e. The molecule has 5 aromatic rings. The van der Waals surface area contributed by atoms with Gasteiger partial charge < -0.3 is 24.6 Å². The second-order valence-corrected chi connectivity index (χ2v) is 16.9. The summed E-state index contributed by atoms with van der Waals surface area (Å²) >= 11 is 0. The molecule has 318 valence electrons. The van der Waals surface area contributed by atoms with Crippen LogP contribution >= 0.6 is 0 Å². The zero-order valence-electron chi connectivity index (χ0n) is 33.6. The zero-order chi connectivity index (χ0) is 41.6. The van der Waals surface area contributed by atoms with E-state index in [0.29, 0.717) is 48.8 Å². The Morgan fingerprint density at radius 1 is 1.07 bits per heavy atom. The summed E-state index contributed by atoms with van der Waals surface area (Å²) in [6.45, 7) is 4.54. The van der Waals surface area contributed by atoms with Crippen LogP contribution in [0.15, 0.2) is 42.9 Å². The number of amides is 3. The molecule has 5 aliphatic rings. The fourth-order valence-electron chi connectivity index (χ4n) is 9.80. The normalized spacial score (nSPS) is 24.8. The molecule has 8 heterocycles. The van der Waals surface area contributed by atoms with Crippen molar-refractivity contribution < 1.29 is 32.6 Å². The van der Waals surface area contributed by atoms with Crippen molar-refractivity contribution in [2.45, 2.75) is 94.4 Å². The Kier molecular flexibility index (Phi) is 10.7. The lowest BCUT2D eigenvalue weighted by molar-refractivity contribution is -0.134. The third-order valence-corrected chi connectivity index (χ3v) is 13.1. The molecule has 16 nitrogen and oxygen atoms in total. The van der Waals surface area contributed by atoms with Crippen LogP contribution in [0.5, 0.6) is 0 Å². The SMILES string of the molecule is O=C1CCC(c2[nH]nc3c(C#CCOC4CCN(CC5CCC(n6cc(NC(=O)c7cnn8ccc(N9C[C@H]%10C[C@@H]9CO%10)nc78)c(C(F)F)n6)CC5)CC4)cccc23)C(=O)N1. The average molecular weight is 836 g/mol. The van der Waals surface area contributed by atoms with Crippen LogP contribution in [0.1, 0.15) is 103 Å². The number of anilines is 2. The monoisotopic (exact) mass is 835 g/mol. The molecule has 0 radical (unpaired) electrons.